The summed E-state index contributed by atoms with van der Waals surface area (Å²) in [5.74, 6) is 0. The van der Waals surface area contributed by atoms with Crippen LogP contribution in [0.5, 0.6) is 0 Å². The number of hydrogen-bond acceptors (Lipinski definition) is 3. The van der Waals surface area contributed by atoms with Crippen molar-refractivity contribution in [2.45, 2.75) is 44.5 Å². The molecule has 2 aliphatic rings. The van der Waals surface area contributed by atoms with Gasteiger partial charge < -0.3 is 10.4 Å². The van der Waals surface area contributed by atoms with Gasteiger partial charge in [0.15, 0.2) is 0 Å². The second-order valence-electron chi connectivity index (χ2n) is 5.57. The summed E-state index contributed by atoms with van der Waals surface area (Å²) in [6.45, 7) is 3.56. The van der Waals surface area contributed by atoms with Gasteiger partial charge in [0, 0.05) is 31.7 Å². The van der Waals surface area contributed by atoms with Crippen LogP contribution in [0.1, 0.15) is 30.4 Å². The molecule has 1 aliphatic heterocycles. The quantitative estimate of drug-likeness (QED) is 0.826. The molecule has 1 saturated carbocycles. The maximum atomic E-state index is 9.00. The Morgan fingerprint density at radius 1 is 1.11 bits per heavy atom. The summed E-state index contributed by atoms with van der Waals surface area (Å²) in [6.07, 6.45) is 4.11. The Balaban J connectivity index is 1.45. The van der Waals surface area contributed by atoms with E-state index in [0.717, 1.165) is 18.2 Å². The summed E-state index contributed by atoms with van der Waals surface area (Å²) in [5, 5.41) is 12.6. The van der Waals surface area contributed by atoms with Gasteiger partial charge >= 0.3 is 0 Å². The summed E-state index contributed by atoms with van der Waals surface area (Å²) in [5.41, 5.74) is 2.29. The fraction of sp³-hybridized carbons (Fsp3) is 0.600. The van der Waals surface area contributed by atoms with Crippen LogP contribution in [0, 0.1) is 0 Å². The van der Waals surface area contributed by atoms with Crippen LogP contribution in [0.4, 0.5) is 0 Å². The van der Waals surface area contributed by atoms with Gasteiger partial charge in [0.25, 0.3) is 0 Å². The van der Waals surface area contributed by atoms with Crippen LogP contribution in [0.2, 0.25) is 0 Å². The van der Waals surface area contributed by atoms with Crippen LogP contribution in [-0.2, 0) is 13.2 Å². The molecule has 0 aromatic heterocycles. The zero-order valence-electron chi connectivity index (χ0n) is 10.8. The molecule has 1 unspecified atom stereocenters. The molecule has 3 heteroatoms. The van der Waals surface area contributed by atoms with Crippen LogP contribution in [-0.4, -0.2) is 35.2 Å². The first-order chi connectivity index (χ1) is 8.85. The highest BCUT2D eigenvalue weighted by molar-refractivity contribution is 5.21. The molecule has 3 nitrogen and oxygen atoms in total. The molecular weight excluding hydrogens is 224 g/mol. The minimum atomic E-state index is 0.132. The van der Waals surface area contributed by atoms with Crippen molar-refractivity contribution in [1.29, 1.82) is 0 Å². The number of nitrogens with zero attached hydrogens (tertiary/aromatic N) is 1. The first-order valence-electron chi connectivity index (χ1n) is 7.01. The Kier molecular flexibility index (Phi) is 3.64. The van der Waals surface area contributed by atoms with Crippen LogP contribution in [0.15, 0.2) is 24.3 Å². The van der Waals surface area contributed by atoms with Crippen LogP contribution >= 0.6 is 0 Å². The largest absolute Gasteiger partial charge is 0.392 e. The summed E-state index contributed by atoms with van der Waals surface area (Å²) in [4.78, 5) is 2.63. The fourth-order valence-electron chi connectivity index (χ4n) is 2.75. The van der Waals surface area contributed by atoms with E-state index in [2.05, 4.69) is 22.3 Å². The van der Waals surface area contributed by atoms with Crippen molar-refractivity contribution in [2.75, 3.05) is 13.1 Å². The van der Waals surface area contributed by atoms with Crippen LogP contribution < -0.4 is 5.32 Å². The third-order valence-corrected chi connectivity index (χ3v) is 4.08. The van der Waals surface area contributed by atoms with E-state index in [1.54, 1.807) is 0 Å². The Morgan fingerprint density at radius 2 is 1.83 bits per heavy atom. The molecule has 0 spiro atoms. The van der Waals surface area contributed by atoms with Gasteiger partial charge in [0.05, 0.1) is 6.61 Å². The van der Waals surface area contributed by atoms with Crippen molar-refractivity contribution in [3.8, 4) is 0 Å². The smallest absolute Gasteiger partial charge is 0.0681 e. The fourth-order valence-corrected chi connectivity index (χ4v) is 2.75. The number of aliphatic hydroxyl groups excluding tert-OH is 1. The lowest BCUT2D eigenvalue weighted by atomic mass is 10.1. The van der Waals surface area contributed by atoms with E-state index in [-0.39, 0.29) is 6.61 Å². The molecule has 1 heterocycles. The second-order valence-corrected chi connectivity index (χ2v) is 5.57. The topological polar surface area (TPSA) is 35.5 Å². The van der Waals surface area contributed by atoms with E-state index < -0.39 is 0 Å². The van der Waals surface area contributed by atoms with E-state index in [9.17, 15) is 0 Å². The standard InChI is InChI=1S/C15H22N2O/c18-11-13-3-1-12(2-4-13)9-16-14-7-8-17(10-14)15-5-6-15/h1-4,14-16,18H,5-11H2. The van der Waals surface area contributed by atoms with E-state index in [0.29, 0.717) is 6.04 Å². The molecule has 1 aromatic carbocycles. The predicted octanol–water partition coefficient (Wildman–Crippen LogP) is 1.51. The summed E-state index contributed by atoms with van der Waals surface area (Å²) in [6, 6.07) is 9.77. The molecule has 2 N–H and O–H groups in total. The number of aliphatic hydroxyl groups is 1. The molecule has 0 radical (unpaired) electrons. The van der Waals surface area contributed by atoms with Gasteiger partial charge in [-0.15, -0.1) is 0 Å². The molecular formula is C15H22N2O. The average molecular weight is 246 g/mol. The highest BCUT2D eigenvalue weighted by Gasteiger charge is 2.33. The molecule has 0 amide bonds. The summed E-state index contributed by atoms with van der Waals surface area (Å²) < 4.78 is 0. The van der Waals surface area contributed by atoms with E-state index in [4.69, 9.17) is 5.11 Å². The van der Waals surface area contributed by atoms with Crippen molar-refractivity contribution in [3.63, 3.8) is 0 Å². The highest BCUT2D eigenvalue weighted by Crippen LogP contribution is 2.29. The SMILES string of the molecule is OCc1ccc(CNC2CCN(C3CC3)C2)cc1. The van der Waals surface area contributed by atoms with Crippen molar-refractivity contribution < 1.29 is 5.11 Å². The van der Waals surface area contributed by atoms with Gasteiger partial charge in [-0.1, -0.05) is 24.3 Å². The van der Waals surface area contributed by atoms with Gasteiger partial charge in [-0.25, -0.2) is 0 Å². The Labute approximate surface area is 109 Å². The minimum absolute atomic E-state index is 0.132. The molecule has 3 rings (SSSR count). The molecule has 2 fully saturated rings. The maximum Gasteiger partial charge on any atom is 0.0681 e. The Hall–Kier alpha value is -0.900. The Morgan fingerprint density at radius 3 is 2.50 bits per heavy atom. The minimum Gasteiger partial charge on any atom is -0.392 e. The van der Waals surface area contributed by atoms with E-state index in [1.165, 1.54) is 37.9 Å². The molecule has 1 aromatic rings. The first kappa shape index (κ1) is 12.2. The third kappa shape index (κ3) is 2.91. The number of nitrogens with one attached hydrogen (secondary N) is 1. The van der Waals surface area contributed by atoms with Gasteiger partial charge in [0.2, 0.25) is 0 Å². The number of rotatable bonds is 5. The highest BCUT2D eigenvalue weighted by atomic mass is 16.3. The zero-order chi connectivity index (χ0) is 12.4. The summed E-state index contributed by atoms with van der Waals surface area (Å²) in [7, 11) is 0. The molecule has 18 heavy (non-hydrogen) atoms. The maximum absolute atomic E-state index is 9.00. The number of hydrogen-bond donors (Lipinski definition) is 2. The third-order valence-electron chi connectivity index (χ3n) is 4.08. The lowest BCUT2D eigenvalue weighted by Gasteiger charge is -2.15. The van der Waals surface area contributed by atoms with E-state index in [1.807, 2.05) is 12.1 Å². The van der Waals surface area contributed by atoms with Crippen LogP contribution in [0.3, 0.4) is 0 Å². The molecule has 98 valence electrons. The lowest BCUT2D eigenvalue weighted by Crippen LogP contribution is -2.32. The normalized spacial score (nSPS) is 24.6. The van der Waals surface area contributed by atoms with Crippen molar-refractivity contribution >= 4 is 0 Å². The monoisotopic (exact) mass is 246 g/mol. The van der Waals surface area contributed by atoms with Crippen LogP contribution in [0.25, 0.3) is 0 Å². The van der Waals surface area contributed by atoms with Gasteiger partial charge in [0.1, 0.15) is 0 Å². The van der Waals surface area contributed by atoms with Crippen molar-refractivity contribution in [1.82, 2.24) is 10.2 Å². The van der Waals surface area contributed by atoms with E-state index >= 15 is 0 Å². The lowest BCUT2D eigenvalue weighted by molar-refractivity contribution is 0.282. The predicted molar refractivity (Wildman–Crippen MR) is 72.2 cm³/mol. The number of likely N-dealkylation sites (tertiary alicyclic amines) is 1. The Bertz CT molecular complexity index is 386. The summed E-state index contributed by atoms with van der Waals surface area (Å²) >= 11 is 0. The number of benzene rings is 1. The molecule has 1 saturated heterocycles. The molecule has 0 bridgehead atoms. The molecule has 1 atom stereocenters. The first-order valence-corrected chi connectivity index (χ1v) is 7.01. The van der Waals surface area contributed by atoms with Gasteiger partial charge in [-0.05, 0) is 30.4 Å². The van der Waals surface area contributed by atoms with Gasteiger partial charge in [-0.2, -0.15) is 0 Å². The van der Waals surface area contributed by atoms with Crippen molar-refractivity contribution in [2.24, 2.45) is 0 Å². The molecule has 1 aliphatic carbocycles. The van der Waals surface area contributed by atoms with Crippen molar-refractivity contribution in [3.05, 3.63) is 35.4 Å². The average Bonchev–Trinajstić information content (AvgIpc) is 3.16. The van der Waals surface area contributed by atoms with Gasteiger partial charge in [-0.3, -0.25) is 4.90 Å². The zero-order valence-corrected chi connectivity index (χ0v) is 10.8. The second kappa shape index (κ2) is 5.39.